The first-order chi connectivity index (χ1) is 11.4. The summed E-state index contributed by atoms with van der Waals surface area (Å²) in [5.41, 5.74) is 2.97. The van der Waals surface area contributed by atoms with Gasteiger partial charge in [-0.05, 0) is 13.0 Å². The third kappa shape index (κ3) is 3.70. The molecule has 0 saturated carbocycles. The van der Waals surface area contributed by atoms with Gasteiger partial charge < -0.3 is 10.2 Å². The Hall–Kier alpha value is -3.33. The van der Waals surface area contributed by atoms with Gasteiger partial charge in [-0.3, -0.25) is 19.9 Å². The number of carbonyl (C=O) groups is 1. The lowest BCUT2D eigenvalue weighted by Gasteiger charge is -2.07. The van der Waals surface area contributed by atoms with Crippen molar-refractivity contribution in [3.8, 4) is 5.75 Å². The van der Waals surface area contributed by atoms with E-state index in [0.29, 0.717) is 11.3 Å². The fourth-order valence-electron chi connectivity index (χ4n) is 1.90. The molecule has 0 aliphatic heterocycles. The summed E-state index contributed by atoms with van der Waals surface area (Å²) < 4.78 is 0. The molecule has 1 amide bonds. The van der Waals surface area contributed by atoms with E-state index in [1.54, 1.807) is 6.92 Å². The Balaban J connectivity index is 2.18. The van der Waals surface area contributed by atoms with Gasteiger partial charge in [-0.15, -0.1) is 0 Å². The van der Waals surface area contributed by atoms with Gasteiger partial charge in [0.25, 0.3) is 11.6 Å². The van der Waals surface area contributed by atoms with Crippen molar-refractivity contribution in [3.05, 3.63) is 63.0 Å². The van der Waals surface area contributed by atoms with Crippen LogP contribution in [0.1, 0.15) is 27.2 Å². The number of aromatic hydroxyl groups is 1. The van der Waals surface area contributed by atoms with Gasteiger partial charge in [0, 0.05) is 35.0 Å². The average Bonchev–Trinajstić information content (AvgIpc) is 2.58. The Morgan fingerprint density at radius 3 is 2.92 bits per heavy atom. The topological polar surface area (TPSA) is 138 Å². The summed E-state index contributed by atoms with van der Waals surface area (Å²) in [4.78, 5) is 25.9. The highest BCUT2D eigenvalue weighted by Gasteiger charge is 2.12. The highest BCUT2D eigenvalue weighted by molar-refractivity contribution is 5.95. The Morgan fingerprint density at radius 1 is 1.50 bits per heavy atom. The third-order valence-electron chi connectivity index (χ3n) is 3.21. The second kappa shape index (κ2) is 7.29. The van der Waals surface area contributed by atoms with Crippen molar-refractivity contribution in [1.82, 2.24) is 10.4 Å². The number of non-ortho nitro benzene ring substituents is 1. The van der Waals surface area contributed by atoms with Crippen LogP contribution in [0.4, 0.5) is 5.69 Å². The fraction of sp³-hybridized carbons (Fsp3) is 0.133. The van der Waals surface area contributed by atoms with Crippen molar-refractivity contribution in [2.24, 2.45) is 5.10 Å². The minimum absolute atomic E-state index is 0.0684. The Morgan fingerprint density at radius 2 is 2.25 bits per heavy atom. The lowest BCUT2D eigenvalue weighted by atomic mass is 10.1. The summed E-state index contributed by atoms with van der Waals surface area (Å²) in [5.74, 6) is -0.805. The molecule has 0 aliphatic rings. The first kappa shape index (κ1) is 17.0. The molecule has 124 valence electrons. The maximum atomic E-state index is 11.9. The van der Waals surface area contributed by atoms with Crippen LogP contribution in [-0.4, -0.2) is 32.2 Å². The zero-order valence-electron chi connectivity index (χ0n) is 12.6. The van der Waals surface area contributed by atoms with Crippen LogP contribution in [0.5, 0.6) is 5.75 Å². The number of hydrogen-bond acceptors (Lipinski definition) is 7. The average molecular weight is 330 g/mol. The molecule has 0 aliphatic carbocycles. The van der Waals surface area contributed by atoms with Crippen LogP contribution >= 0.6 is 0 Å². The number of nitro groups is 1. The van der Waals surface area contributed by atoms with Gasteiger partial charge in [-0.2, -0.15) is 5.10 Å². The number of nitrogens with one attached hydrogen (secondary N) is 1. The molecule has 2 aromatic rings. The lowest BCUT2D eigenvalue weighted by Crippen LogP contribution is -2.17. The third-order valence-corrected chi connectivity index (χ3v) is 3.21. The van der Waals surface area contributed by atoms with Crippen molar-refractivity contribution in [2.45, 2.75) is 13.5 Å². The number of carbonyl (C=O) groups excluding carboxylic acids is 1. The zero-order chi connectivity index (χ0) is 17.7. The molecule has 9 heteroatoms. The quantitative estimate of drug-likeness (QED) is 0.428. The smallest absolute Gasteiger partial charge is 0.271 e. The van der Waals surface area contributed by atoms with Crippen LogP contribution in [-0.2, 0) is 6.61 Å². The van der Waals surface area contributed by atoms with Crippen LogP contribution in [0.2, 0.25) is 0 Å². The van der Waals surface area contributed by atoms with Crippen LogP contribution in [0.25, 0.3) is 0 Å². The van der Waals surface area contributed by atoms with Gasteiger partial charge in [-0.25, -0.2) is 5.43 Å². The lowest BCUT2D eigenvalue weighted by molar-refractivity contribution is -0.384. The van der Waals surface area contributed by atoms with E-state index in [1.807, 2.05) is 0 Å². The minimum Gasteiger partial charge on any atom is -0.505 e. The van der Waals surface area contributed by atoms with E-state index < -0.39 is 10.8 Å². The van der Waals surface area contributed by atoms with E-state index in [4.69, 9.17) is 0 Å². The number of benzene rings is 1. The highest BCUT2D eigenvalue weighted by Crippen LogP contribution is 2.21. The van der Waals surface area contributed by atoms with Gasteiger partial charge in [0.15, 0.2) is 0 Å². The van der Waals surface area contributed by atoms with Gasteiger partial charge in [0.05, 0.1) is 23.4 Å². The van der Waals surface area contributed by atoms with Gasteiger partial charge in [-0.1, -0.05) is 6.07 Å². The molecule has 2 rings (SSSR count). The maximum Gasteiger partial charge on any atom is 0.271 e. The van der Waals surface area contributed by atoms with Crippen molar-refractivity contribution in [2.75, 3.05) is 0 Å². The Kier molecular flexibility index (Phi) is 5.17. The molecule has 0 spiro atoms. The number of nitrogens with zero attached hydrogens (tertiary/aromatic N) is 3. The van der Waals surface area contributed by atoms with E-state index in [0.717, 1.165) is 6.07 Å². The van der Waals surface area contributed by atoms with E-state index in [-0.39, 0.29) is 29.2 Å². The Labute approximate surface area is 136 Å². The van der Waals surface area contributed by atoms with Gasteiger partial charge in [0.2, 0.25) is 0 Å². The summed E-state index contributed by atoms with van der Waals surface area (Å²) >= 11 is 0. The number of pyridine rings is 1. The normalized spacial score (nSPS) is 10.8. The second-order valence-corrected chi connectivity index (χ2v) is 4.80. The predicted octanol–water partition coefficient (Wildman–Crippen LogP) is 1.26. The monoisotopic (exact) mass is 330 g/mol. The molecule has 1 heterocycles. The Bertz CT molecular complexity index is 820. The number of hydrogen-bond donors (Lipinski definition) is 3. The summed E-state index contributed by atoms with van der Waals surface area (Å²) in [5, 5.41) is 33.6. The number of amides is 1. The molecule has 0 radical (unpaired) electrons. The van der Waals surface area contributed by atoms with Crippen LogP contribution in [0, 0.1) is 17.0 Å². The van der Waals surface area contributed by atoms with E-state index in [2.05, 4.69) is 15.5 Å². The fourth-order valence-corrected chi connectivity index (χ4v) is 1.90. The summed E-state index contributed by atoms with van der Waals surface area (Å²) in [6.45, 7) is 1.22. The number of hydrazone groups is 1. The van der Waals surface area contributed by atoms with E-state index >= 15 is 0 Å². The highest BCUT2D eigenvalue weighted by atomic mass is 16.6. The van der Waals surface area contributed by atoms with Crippen LogP contribution in [0.15, 0.2) is 35.6 Å². The summed E-state index contributed by atoms with van der Waals surface area (Å²) in [6, 6.07) is 5.19. The van der Waals surface area contributed by atoms with Crippen LogP contribution < -0.4 is 5.43 Å². The molecule has 0 bridgehead atoms. The number of aromatic nitrogens is 1. The predicted molar refractivity (Wildman–Crippen MR) is 84.7 cm³/mol. The number of nitro benzene ring substituents is 1. The van der Waals surface area contributed by atoms with Gasteiger partial charge >= 0.3 is 0 Å². The molecular formula is C15H14N4O5. The molecule has 9 nitrogen and oxygen atoms in total. The number of aliphatic hydroxyl groups excluding tert-OH is 1. The molecule has 0 unspecified atom stereocenters. The maximum absolute atomic E-state index is 11.9. The van der Waals surface area contributed by atoms with Crippen molar-refractivity contribution < 1.29 is 19.9 Å². The summed E-state index contributed by atoms with van der Waals surface area (Å²) in [7, 11) is 0. The first-order valence-corrected chi connectivity index (χ1v) is 6.80. The molecule has 0 fully saturated rings. The van der Waals surface area contributed by atoms with E-state index in [9.17, 15) is 25.1 Å². The number of aryl methyl sites for hydroxylation is 1. The molecule has 3 N–H and O–H groups in total. The van der Waals surface area contributed by atoms with Crippen molar-refractivity contribution in [1.29, 1.82) is 0 Å². The molecular weight excluding hydrogens is 316 g/mol. The molecule has 24 heavy (non-hydrogen) atoms. The molecule has 0 atom stereocenters. The zero-order valence-corrected chi connectivity index (χ0v) is 12.6. The molecule has 0 saturated heterocycles. The molecule has 1 aromatic heterocycles. The SMILES string of the molecule is Cc1ncc(CO)c(/C=N\NC(=O)c2cccc([N+](=O)[O-])c2)c1O. The van der Waals surface area contributed by atoms with Crippen molar-refractivity contribution in [3.63, 3.8) is 0 Å². The number of aliphatic hydroxyl groups is 1. The number of rotatable bonds is 5. The van der Waals surface area contributed by atoms with Gasteiger partial charge in [0.1, 0.15) is 5.75 Å². The summed E-state index contributed by atoms with van der Waals surface area (Å²) in [6.07, 6.45) is 2.56. The second-order valence-electron chi connectivity index (χ2n) is 4.80. The van der Waals surface area contributed by atoms with Crippen molar-refractivity contribution >= 4 is 17.8 Å². The minimum atomic E-state index is -0.647. The largest absolute Gasteiger partial charge is 0.505 e. The molecule has 1 aromatic carbocycles. The van der Waals surface area contributed by atoms with Crippen LogP contribution in [0.3, 0.4) is 0 Å². The standard InChI is InChI=1S/C15H14N4O5/c1-9-14(21)13(11(8-20)6-16-9)7-17-18-15(22)10-3-2-4-12(5-10)19(23)24/h2-7,20-21H,8H2,1H3,(H,18,22)/b17-7-. The first-order valence-electron chi connectivity index (χ1n) is 6.80. The van der Waals surface area contributed by atoms with E-state index in [1.165, 1.54) is 30.6 Å².